The molecule has 0 N–H and O–H groups in total. The van der Waals surface area contributed by atoms with Gasteiger partial charge >= 0.3 is 0 Å². The molecule has 0 bridgehead atoms. The van der Waals surface area contributed by atoms with Crippen LogP contribution in [0.25, 0.3) is 0 Å². The summed E-state index contributed by atoms with van der Waals surface area (Å²) >= 11 is 2.59. The van der Waals surface area contributed by atoms with Gasteiger partial charge in [-0.1, -0.05) is 67.5 Å². The average molecular weight is 541 g/mol. The maximum atomic E-state index is 12.1. The lowest BCUT2D eigenvalue weighted by molar-refractivity contribution is -0.115. The Bertz CT molecular complexity index is 776. The van der Waals surface area contributed by atoms with Gasteiger partial charge in [-0.25, -0.2) is 0 Å². The lowest BCUT2D eigenvalue weighted by Crippen LogP contribution is -2.49. The largest absolute Gasteiger partial charge is 0.414 e. The molecule has 0 radical (unpaired) electrons. The monoisotopic (exact) mass is 540 g/mol. The fourth-order valence-corrected chi connectivity index (χ4v) is 12.9. The number of alkyl halides is 1. The SMILES string of the molecule is CC(C)(C)C[Si](C)(C)OC1CC[C@H]2[C@@H]3CCC4=CC(=O)CC[C@]4(CI)C3=CC[C@]12C. The molecule has 2 nitrogen and oxygen atoms in total. The molecule has 4 aliphatic rings. The van der Waals surface area contributed by atoms with Gasteiger partial charge < -0.3 is 4.43 Å². The highest BCUT2D eigenvalue weighted by Crippen LogP contribution is 2.64. The molecule has 1 unspecified atom stereocenters. The van der Waals surface area contributed by atoms with E-state index in [1.165, 1.54) is 30.9 Å². The van der Waals surface area contributed by atoms with E-state index in [-0.39, 0.29) is 10.8 Å². The van der Waals surface area contributed by atoms with Crippen LogP contribution in [0.4, 0.5) is 0 Å². The quantitative estimate of drug-likeness (QED) is 0.160. The summed E-state index contributed by atoms with van der Waals surface area (Å²) in [6, 6.07) is 1.22. The fourth-order valence-electron chi connectivity index (χ4n) is 7.76. The molecule has 2 fully saturated rings. The van der Waals surface area contributed by atoms with E-state index >= 15 is 0 Å². The second kappa shape index (κ2) is 7.83. The van der Waals surface area contributed by atoms with Crippen molar-refractivity contribution in [1.29, 1.82) is 0 Å². The molecule has 4 aliphatic carbocycles. The van der Waals surface area contributed by atoms with Crippen molar-refractivity contribution in [3.8, 4) is 0 Å². The topological polar surface area (TPSA) is 26.3 Å². The number of fused-ring (bicyclic) bond motifs is 5. The Hall–Kier alpha value is 0.0569. The second-order valence-electron chi connectivity index (χ2n) is 12.7. The zero-order valence-electron chi connectivity index (χ0n) is 19.9. The maximum Gasteiger partial charge on any atom is 0.187 e. The molecule has 0 spiro atoms. The van der Waals surface area contributed by atoms with E-state index in [1.807, 2.05) is 6.08 Å². The Morgan fingerprint density at radius 1 is 1.20 bits per heavy atom. The van der Waals surface area contributed by atoms with E-state index in [4.69, 9.17) is 4.43 Å². The summed E-state index contributed by atoms with van der Waals surface area (Å²) in [5.41, 5.74) is 3.96. The van der Waals surface area contributed by atoms with Crippen molar-refractivity contribution in [2.75, 3.05) is 4.43 Å². The Kier molecular flexibility index (Phi) is 6.06. The Labute approximate surface area is 199 Å². The van der Waals surface area contributed by atoms with Crippen LogP contribution in [0.2, 0.25) is 19.1 Å². The molecular formula is C26H41IO2Si. The summed E-state index contributed by atoms with van der Waals surface area (Å²) in [4.78, 5) is 12.1. The Balaban J connectivity index is 1.61. The molecule has 4 rings (SSSR count). The molecule has 30 heavy (non-hydrogen) atoms. The lowest BCUT2D eigenvalue weighted by Gasteiger charge is -2.54. The first-order valence-electron chi connectivity index (χ1n) is 12.1. The van der Waals surface area contributed by atoms with Crippen LogP contribution in [0, 0.1) is 28.1 Å². The fraction of sp³-hybridized carbons (Fsp3) is 0.808. The summed E-state index contributed by atoms with van der Waals surface area (Å²) in [6.07, 6.45) is 12.9. The first kappa shape index (κ1) is 23.2. The summed E-state index contributed by atoms with van der Waals surface area (Å²) in [6.45, 7) is 14.5. The third-order valence-corrected chi connectivity index (χ3v) is 12.8. The summed E-state index contributed by atoms with van der Waals surface area (Å²) < 4.78 is 8.18. The number of carbonyl (C=O) groups excluding carboxylic acids is 1. The molecule has 5 atom stereocenters. The van der Waals surface area contributed by atoms with Crippen molar-refractivity contribution >= 4 is 36.7 Å². The minimum Gasteiger partial charge on any atom is -0.414 e. The van der Waals surface area contributed by atoms with E-state index in [0.29, 0.717) is 23.2 Å². The van der Waals surface area contributed by atoms with Gasteiger partial charge in [0.15, 0.2) is 14.1 Å². The summed E-state index contributed by atoms with van der Waals surface area (Å²) in [7, 11) is -1.70. The Morgan fingerprint density at radius 3 is 2.60 bits per heavy atom. The van der Waals surface area contributed by atoms with Crippen molar-refractivity contribution in [2.45, 2.75) is 97.9 Å². The van der Waals surface area contributed by atoms with Crippen LogP contribution in [0.15, 0.2) is 23.3 Å². The van der Waals surface area contributed by atoms with Crippen LogP contribution < -0.4 is 0 Å². The van der Waals surface area contributed by atoms with Crippen LogP contribution in [-0.2, 0) is 9.22 Å². The molecule has 0 aromatic heterocycles. The summed E-state index contributed by atoms with van der Waals surface area (Å²) in [5.74, 6) is 1.80. The molecule has 2 saturated carbocycles. The molecule has 0 amide bonds. The zero-order valence-corrected chi connectivity index (χ0v) is 23.1. The van der Waals surface area contributed by atoms with E-state index in [1.54, 1.807) is 5.57 Å². The minimum atomic E-state index is -1.70. The lowest BCUT2D eigenvalue weighted by atomic mass is 9.52. The summed E-state index contributed by atoms with van der Waals surface area (Å²) in [5, 5.41) is 0. The molecule has 168 valence electrons. The van der Waals surface area contributed by atoms with Crippen LogP contribution in [-0.4, -0.2) is 24.6 Å². The number of rotatable bonds is 4. The highest BCUT2D eigenvalue weighted by atomic mass is 127. The number of carbonyl (C=O) groups is 1. The Morgan fingerprint density at radius 2 is 1.93 bits per heavy atom. The van der Waals surface area contributed by atoms with Gasteiger partial charge in [0, 0.05) is 16.3 Å². The van der Waals surface area contributed by atoms with Crippen molar-refractivity contribution in [3.63, 3.8) is 0 Å². The van der Waals surface area contributed by atoms with E-state index in [2.05, 4.69) is 69.5 Å². The van der Waals surface area contributed by atoms with Crippen LogP contribution in [0.1, 0.15) is 72.6 Å². The van der Waals surface area contributed by atoms with Gasteiger partial charge in [0.05, 0.1) is 6.10 Å². The highest BCUT2D eigenvalue weighted by Gasteiger charge is 2.57. The smallest absolute Gasteiger partial charge is 0.187 e. The van der Waals surface area contributed by atoms with Gasteiger partial charge in [0.2, 0.25) is 0 Å². The molecule has 0 aromatic carbocycles. The van der Waals surface area contributed by atoms with Gasteiger partial charge in [0.25, 0.3) is 0 Å². The molecule has 0 aliphatic heterocycles. The van der Waals surface area contributed by atoms with Crippen molar-refractivity contribution < 1.29 is 9.22 Å². The van der Waals surface area contributed by atoms with E-state index < -0.39 is 8.32 Å². The van der Waals surface area contributed by atoms with Gasteiger partial charge in [-0.05, 0) is 86.4 Å². The van der Waals surface area contributed by atoms with Crippen molar-refractivity contribution in [1.82, 2.24) is 0 Å². The molecule has 0 saturated heterocycles. The molecule has 0 aromatic rings. The third kappa shape index (κ3) is 3.96. The average Bonchev–Trinajstić information content (AvgIpc) is 2.95. The van der Waals surface area contributed by atoms with Crippen molar-refractivity contribution in [3.05, 3.63) is 23.3 Å². The number of allylic oxidation sites excluding steroid dienone is 4. The minimum absolute atomic E-state index is 0.178. The second-order valence-corrected chi connectivity index (χ2v) is 17.5. The van der Waals surface area contributed by atoms with Crippen LogP contribution in [0.5, 0.6) is 0 Å². The molecule has 4 heteroatoms. The van der Waals surface area contributed by atoms with Gasteiger partial charge in [-0.2, -0.15) is 0 Å². The van der Waals surface area contributed by atoms with Gasteiger partial charge in [0.1, 0.15) is 0 Å². The zero-order chi connectivity index (χ0) is 21.9. The first-order valence-corrected chi connectivity index (χ1v) is 16.7. The van der Waals surface area contributed by atoms with Gasteiger partial charge in [-0.15, -0.1) is 0 Å². The number of ketones is 1. The molecule has 0 heterocycles. The van der Waals surface area contributed by atoms with Crippen LogP contribution >= 0.6 is 22.6 Å². The van der Waals surface area contributed by atoms with E-state index in [0.717, 1.165) is 36.0 Å². The maximum absolute atomic E-state index is 12.1. The van der Waals surface area contributed by atoms with E-state index in [9.17, 15) is 4.79 Å². The van der Waals surface area contributed by atoms with Crippen molar-refractivity contribution in [2.24, 2.45) is 28.1 Å². The normalized spacial score (nSPS) is 39.0. The molecular weight excluding hydrogens is 499 g/mol. The number of hydrogen-bond donors (Lipinski definition) is 0. The standard InChI is InChI=1S/C26H41IO2Si/c1-24(2,3)17-30(5,6)29-23-10-9-21-20-8-7-18-15-19(28)11-14-26(18,16-27)22(20)12-13-25(21,23)4/h12,15,20-21,23H,7-11,13-14,16-17H2,1-6H3/t20-,21-,23?,25-,26+/m0/s1. The predicted octanol–water partition coefficient (Wildman–Crippen LogP) is 7.49. The number of hydrogen-bond acceptors (Lipinski definition) is 2. The number of halogens is 1. The van der Waals surface area contributed by atoms with Gasteiger partial charge in [-0.3, -0.25) is 4.79 Å². The first-order chi connectivity index (χ1) is 13.9. The highest BCUT2D eigenvalue weighted by molar-refractivity contribution is 14.1. The third-order valence-electron chi connectivity index (χ3n) is 8.64. The predicted molar refractivity (Wildman–Crippen MR) is 137 cm³/mol. The van der Waals surface area contributed by atoms with Crippen LogP contribution in [0.3, 0.4) is 0 Å².